The van der Waals surface area contributed by atoms with Crippen LogP contribution >= 0.6 is 23.2 Å². The van der Waals surface area contributed by atoms with Gasteiger partial charge in [0.2, 0.25) is 0 Å². The summed E-state index contributed by atoms with van der Waals surface area (Å²) in [6.07, 6.45) is 1.48. The van der Waals surface area contributed by atoms with Crippen molar-refractivity contribution in [2.24, 2.45) is 0 Å². The first kappa shape index (κ1) is 13.2. The van der Waals surface area contributed by atoms with Crippen molar-refractivity contribution in [3.63, 3.8) is 0 Å². The molecule has 2 aromatic carbocycles. The molecular formula is C15H8Cl2FNO. The maximum Gasteiger partial charge on any atom is 0.256 e. The summed E-state index contributed by atoms with van der Waals surface area (Å²) in [7, 11) is 0. The Labute approximate surface area is 124 Å². The van der Waals surface area contributed by atoms with E-state index in [-0.39, 0.29) is 16.5 Å². The lowest BCUT2D eigenvalue weighted by Gasteiger charge is -2.01. The van der Waals surface area contributed by atoms with E-state index in [1.54, 1.807) is 30.3 Å². The van der Waals surface area contributed by atoms with Crippen molar-refractivity contribution in [3.05, 3.63) is 63.4 Å². The highest BCUT2D eigenvalue weighted by molar-refractivity contribution is 6.36. The van der Waals surface area contributed by atoms with Crippen LogP contribution < -0.4 is 5.32 Å². The monoisotopic (exact) mass is 307 g/mol. The van der Waals surface area contributed by atoms with Crippen LogP contribution in [0.1, 0.15) is 11.1 Å². The average Bonchev–Trinajstić information content (AvgIpc) is 2.70. The number of benzene rings is 2. The van der Waals surface area contributed by atoms with Gasteiger partial charge in [-0.3, -0.25) is 4.79 Å². The summed E-state index contributed by atoms with van der Waals surface area (Å²) in [5, 5.41) is 3.24. The van der Waals surface area contributed by atoms with E-state index in [4.69, 9.17) is 23.2 Å². The van der Waals surface area contributed by atoms with Crippen molar-refractivity contribution in [2.75, 3.05) is 5.32 Å². The summed E-state index contributed by atoms with van der Waals surface area (Å²) in [6, 6.07) is 9.72. The molecule has 0 saturated heterocycles. The first-order valence-corrected chi connectivity index (χ1v) is 6.59. The van der Waals surface area contributed by atoms with Gasteiger partial charge in [-0.25, -0.2) is 4.39 Å². The molecule has 0 unspecified atom stereocenters. The van der Waals surface area contributed by atoms with Crippen LogP contribution in [0, 0.1) is 5.82 Å². The number of amides is 1. The molecular weight excluding hydrogens is 300 g/mol. The lowest BCUT2D eigenvalue weighted by molar-refractivity contribution is -0.110. The average molecular weight is 308 g/mol. The second-order valence-electron chi connectivity index (χ2n) is 4.35. The Balaban J connectivity index is 2.14. The molecule has 2 aromatic rings. The summed E-state index contributed by atoms with van der Waals surface area (Å²) in [5.41, 5.74) is 1.97. The van der Waals surface area contributed by atoms with Gasteiger partial charge in [0.1, 0.15) is 5.82 Å². The summed E-state index contributed by atoms with van der Waals surface area (Å²) >= 11 is 11.6. The van der Waals surface area contributed by atoms with Crippen molar-refractivity contribution in [3.8, 4) is 0 Å². The molecule has 2 nitrogen and oxygen atoms in total. The highest BCUT2D eigenvalue weighted by Gasteiger charge is 2.24. The minimum atomic E-state index is -0.545. The maximum atomic E-state index is 13.9. The van der Waals surface area contributed by atoms with Gasteiger partial charge in [-0.15, -0.1) is 0 Å². The molecule has 0 radical (unpaired) electrons. The maximum absolute atomic E-state index is 13.9. The second-order valence-corrected chi connectivity index (χ2v) is 5.19. The van der Waals surface area contributed by atoms with E-state index in [1.807, 2.05) is 0 Å². The molecule has 0 fully saturated rings. The predicted octanol–water partition coefficient (Wildman–Crippen LogP) is 4.63. The van der Waals surface area contributed by atoms with Crippen LogP contribution in [-0.2, 0) is 4.79 Å². The van der Waals surface area contributed by atoms with Crippen LogP contribution in [0.25, 0.3) is 11.6 Å². The Morgan fingerprint density at radius 2 is 1.95 bits per heavy atom. The largest absolute Gasteiger partial charge is 0.321 e. The molecule has 1 amide bonds. The molecule has 0 aromatic heterocycles. The Morgan fingerprint density at radius 3 is 2.75 bits per heavy atom. The number of hydrogen-bond donors (Lipinski definition) is 1. The Bertz CT molecular complexity index is 756. The number of fused-ring (bicyclic) bond motifs is 1. The van der Waals surface area contributed by atoms with Gasteiger partial charge in [0.15, 0.2) is 0 Å². The first-order valence-electron chi connectivity index (χ1n) is 5.83. The normalized spacial score (nSPS) is 15.3. The van der Waals surface area contributed by atoms with Crippen molar-refractivity contribution in [2.45, 2.75) is 0 Å². The van der Waals surface area contributed by atoms with Gasteiger partial charge < -0.3 is 5.32 Å². The number of nitrogens with one attached hydrogen (secondary N) is 1. The van der Waals surface area contributed by atoms with E-state index >= 15 is 0 Å². The van der Waals surface area contributed by atoms with E-state index in [2.05, 4.69) is 5.32 Å². The fourth-order valence-electron chi connectivity index (χ4n) is 2.10. The van der Waals surface area contributed by atoms with E-state index in [9.17, 15) is 9.18 Å². The van der Waals surface area contributed by atoms with Crippen LogP contribution in [0.3, 0.4) is 0 Å². The van der Waals surface area contributed by atoms with Crippen molar-refractivity contribution in [1.82, 2.24) is 0 Å². The van der Waals surface area contributed by atoms with Gasteiger partial charge in [0.25, 0.3) is 5.91 Å². The minimum absolute atomic E-state index is 0.0223. The van der Waals surface area contributed by atoms with Crippen LogP contribution in [0.5, 0.6) is 0 Å². The number of carbonyl (C=O) groups excluding carboxylic acids is 1. The van der Waals surface area contributed by atoms with E-state index in [1.165, 1.54) is 12.1 Å². The van der Waals surface area contributed by atoms with E-state index in [0.717, 1.165) is 0 Å². The fraction of sp³-hybridized carbons (Fsp3) is 0. The standard InChI is InChI=1S/C15H8Cl2FNO/c16-9-4-5-10-11(15(20)19-13(10)7-9)6-8-2-1-3-12(17)14(8)18/h1-7H,(H,19,20). The second kappa shape index (κ2) is 4.93. The molecule has 1 aliphatic heterocycles. The molecule has 100 valence electrons. The van der Waals surface area contributed by atoms with Crippen molar-refractivity contribution >= 4 is 46.4 Å². The Hall–Kier alpha value is -1.84. The number of carbonyl (C=O) groups is 1. The Kier molecular flexibility index (Phi) is 3.24. The van der Waals surface area contributed by atoms with Crippen LogP contribution in [-0.4, -0.2) is 5.91 Å². The smallest absolute Gasteiger partial charge is 0.256 e. The summed E-state index contributed by atoms with van der Waals surface area (Å²) in [4.78, 5) is 12.0. The lowest BCUT2D eigenvalue weighted by atomic mass is 10.0. The molecule has 1 aliphatic rings. The van der Waals surface area contributed by atoms with Crippen LogP contribution in [0.4, 0.5) is 10.1 Å². The molecule has 3 rings (SSSR count). The Morgan fingerprint density at radius 1 is 1.15 bits per heavy atom. The molecule has 20 heavy (non-hydrogen) atoms. The summed E-state index contributed by atoms with van der Waals surface area (Å²) in [5.74, 6) is -0.835. The van der Waals surface area contributed by atoms with Gasteiger partial charge >= 0.3 is 0 Å². The molecule has 0 spiro atoms. The van der Waals surface area contributed by atoms with Gasteiger partial charge in [-0.2, -0.15) is 0 Å². The third kappa shape index (κ3) is 2.19. The molecule has 5 heteroatoms. The predicted molar refractivity (Wildman–Crippen MR) is 79.4 cm³/mol. The molecule has 1 heterocycles. The molecule has 1 N–H and O–H groups in total. The zero-order valence-electron chi connectivity index (χ0n) is 10.1. The fourth-order valence-corrected chi connectivity index (χ4v) is 2.45. The number of halogens is 3. The van der Waals surface area contributed by atoms with Gasteiger partial charge in [0, 0.05) is 21.7 Å². The third-order valence-corrected chi connectivity index (χ3v) is 3.57. The van der Waals surface area contributed by atoms with E-state index < -0.39 is 5.82 Å². The highest BCUT2D eigenvalue weighted by atomic mass is 35.5. The SMILES string of the molecule is O=C1Nc2cc(Cl)ccc2C1=Cc1cccc(Cl)c1F. The van der Waals surface area contributed by atoms with E-state index in [0.29, 0.717) is 21.8 Å². The van der Waals surface area contributed by atoms with Crippen LogP contribution in [0.15, 0.2) is 36.4 Å². The molecule has 0 atom stereocenters. The molecule has 0 saturated carbocycles. The third-order valence-electron chi connectivity index (χ3n) is 3.05. The topological polar surface area (TPSA) is 29.1 Å². The van der Waals surface area contributed by atoms with Crippen molar-refractivity contribution in [1.29, 1.82) is 0 Å². The zero-order chi connectivity index (χ0) is 14.3. The summed E-state index contributed by atoms with van der Waals surface area (Å²) in [6.45, 7) is 0. The van der Waals surface area contributed by atoms with Gasteiger partial charge in [-0.1, -0.05) is 41.4 Å². The highest BCUT2D eigenvalue weighted by Crippen LogP contribution is 2.35. The first-order chi connectivity index (χ1) is 9.56. The number of anilines is 1. The summed E-state index contributed by atoms with van der Waals surface area (Å²) < 4.78 is 13.9. The quantitative estimate of drug-likeness (QED) is 0.765. The lowest BCUT2D eigenvalue weighted by Crippen LogP contribution is -2.03. The molecule has 0 bridgehead atoms. The number of hydrogen-bond acceptors (Lipinski definition) is 1. The van der Waals surface area contributed by atoms with Crippen molar-refractivity contribution < 1.29 is 9.18 Å². The zero-order valence-corrected chi connectivity index (χ0v) is 11.6. The molecule has 0 aliphatic carbocycles. The number of rotatable bonds is 1. The van der Waals surface area contributed by atoms with Gasteiger partial charge in [-0.05, 0) is 24.3 Å². The van der Waals surface area contributed by atoms with Gasteiger partial charge in [0.05, 0.1) is 10.7 Å². The van der Waals surface area contributed by atoms with Crippen LogP contribution in [0.2, 0.25) is 10.0 Å². The minimum Gasteiger partial charge on any atom is -0.321 e.